The van der Waals surface area contributed by atoms with Gasteiger partial charge in [-0.1, -0.05) is 29.8 Å². The summed E-state index contributed by atoms with van der Waals surface area (Å²) in [4.78, 5) is 0. The molecule has 1 fully saturated rings. The lowest BCUT2D eigenvalue weighted by atomic mass is 10.1. The van der Waals surface area contributed by atoms with Gasteiger partial charge in [-0.2, -0.15) is 11.8 Å². The van der Waals surface area contributed by atoms with Crippen LogP contribution in [-0.2, 0) is 6.54 Å². The lowest BCUT2D eigenvalue weighted by molar-refractivity contribution is 0.318. The van der Waals surface area contributed by atoms with Gasteiger partial charge in [-0.3, -0.25) is 0 Å². The molecule has 1 atom stereocenters. The molecule has 2 rings (SSSR count). The molecular weight excluding hydrogens is 258 g/mol. The van der Waals surface area contributed by atoms with Crippen molar-refractivity contribution in [2.75, 3.05) is 12.3 Å². The van der Waals surface area contributed by atoms with Crippen molar-refractivity contribution in [1.82, 2.24) is 5.32 Å². The highest BCUT2D eigenvalue weighted by atomic mass is 32.2. The normalized spacial score (nSPS) is 20.4. The highest BCUT2D eigenvalue weighted by molar-refractivity contribution is 7.99. The molecule has 0 radical (unpaired) electrons. The monoisotopic (exact) mass is 279 g/mol. The molecule has 1 aromatic carbocycles. The summed E-state index contributed by atoms with van der Waals surface area (Å²) in [6, 6.07) is 7.78. The van der Waals surface area contributed by atoms with E-state index in [1.165, 1.54) is 25.0 Å². The second-order valence-corrected chi connectivity index (χ2v) is 6.21. The minimum Gasteiger partial charge on any atom is -0.409 e. The number of nitrogens with zero attached hydrogens (tertiary/aromatic N) is 1. The fraction of sp³-hybridized carbons (Fsp3) is 0.500. The Morgan fingerprint density at radius 1 is 1.47 bits per heavy atom. The fourth-order valence-corrected chi connectivity index (χ4v) is 3.52. The van der Waals surface area contributed by atoms with Crippen LogP contribution in [0.1, 0.15) is 30.4 Å². The number of nitrogens with two attached hydrogens (primary N) is 1. The number of nitrogens with one attached hydrogen (secondary N) is 1. The topological polar surface area (TPSA) is 70.6 Å². The van der Waals surface area contributed by atoms with E-state index in [1.54, 1.807) is 0 Å². The van der Waals surface area contributed by atoms with Gasteiger partial charge in [0.2, 0.25) is 0 Å². The van der Waals surface area contributed by atoms with Crippen molar-refractivity contribution < 1.29 is 5.21 Å². The standard InChI is InChI=1S/C14H21N3OS/c15-14(17-18)12-5-3-4-11(8-12)9-16-10-13-6-1-2-7-19-13/h3-5,8,13,16,18H,1-2,6-7,9-10H2,(H2,15,17). The van der Waals surface area contributed by atoms with Crippen molar-refractivity contribution in [2.24, 2.45) is 10.9 Å². The smallest absolute Gasteiger partial charge is 0.170 e. The van der Waals surface area contributed by atoms with Crippen molar-refractivity contribution >= 4 is 17.6 Å². The molecule has 1 aliphatic heterocycles. The Kier molecular flexibility index (Phi) is 5.54. The largest absolute Gasteiger partial charge is 0.409 e. The van der Waals surface area contributed by atoms with E-state index in [0.717, 1.165) is 29.5 Å². The van der Waals surface area contributed by atoms with Crippen LogP contribution in [0.25, 0.3) is 0 Å². The molecule has 19 heavy (non-hydrogen) atoms. The van der Waals surface area contributed by atoms with Gasteiger partial charge in [0.05, 0.1) is 0 Å². The highest BCUT2D eigenvalue weighted by Crippen LogP contribution is 2.24. The first-order valence-electron chi connectivity index (χ1n) is 6.69. The molecule has 104 valence electrons. The molecule has 0 aromatic heterocycles. The van der Waals surface area contributed by atoms with E-state index in [1.807, 2.05) is 18.2 Å². The Bertz CT molecular complexity index is 430. The number of benzene rings is 1. The van der Waals surface area contributed by atoms with Gasteiger partial charge in [0.1, 0.15) is 0 Å². The zero-order valence-corrected chi connectivity index (χ0v) is 11.8. The zero-order valence-electron chi connectivity index (χ0n) is 11.0. The van der Waals surface area contributed by atoms with E-state index in [4.69, 9.17) is 10.9 Å². The lowest BCUT2D eigenvalue weighted by Crippen LogP contribution is -2.26. The van der Waals surface area contributed by atoms with Crippen molar-refractivity contribution in [2.45, 2.75) is 31.1 Å². The Balaban J connectivity index is 1.82. The van der Waals surface area contributed by atoms with Crippen LogP contribution in [0.3, 0.4) is 0 Å². The third-order valence-corrected chi connectivity index (χ3v) is 4.70. The fourth-order valence-electron chi connectivity index (χ4n) is 2.24. The Morgan fingerprint density at radius 3 is 3.11 bits per heavy atom. The quantitative estimate of drug-likeness (QED) is 0.334. The second kappa shape index (κ2) is 7.40. The first-order valence-corrected chi connectivity index (χ1v) is 7.73. The SMILES string of the molecule is N/C(=N/O)c1cccc(CNCC2CCCCS2)c1. The minimum absolute atomic E-state index is 0.157. The van der Waals surface area contributed by atoms with Crippen molar-refractivity contribution in [3.63, 3.8) is 0 Å². The molecule has 1 heterocycles. The summed E-state index contributed by atoms with van der Waals surface area (Å²) in [7, 11) is 0. The first-order chi connectivity index (χ1) is 9.29. The van der Waals surface area contributed by atoms with Gasteiger partial charge in [0.25, 0.3) is 0 Å². The molecule has 0 aliphatic carbocycles. The van der Waals surface area contributed by atoms with E-state index >= 15 is 0 Å². The minimum atomic E-state index is 0.157. The molecule has 1 unspecified atom stereocenters. The van der Waals surface area contributed by atoms with Gasteiger partial charge in [-0.15, -0.1) is 0 Å². The Morgan fingerprint density at radius 2 is 2.37 bits per heavy atom. The van der Waals surface area contributed by atoms with Crippen LogP contribution < -0.4 is 11.1 Å². The molecule has 0 amide bonds. The maximum Gasteiger partial charge on any atom is 0.170 e. The summed E-state index contributed by atoms with van der Waals surface area (Å²) < 4.78 is 0. The number of hydrogen-bond acceptors (Lipinski definition) is 4. The van der Waals surface area contributed by atoms with Crippen LogP contribution in [0.4, 0.5) is 0 Å². The molecule has 1 saturated heterocycles. The molecule has 0 bridgehead atoms. The maximum atomic E-state index is 8.67. The molecule has 1 aliphatic rings. The maximum absolute atomic E-state index is 8.67. The van der Waals surface area contributed by atoms with Crippen LogP contribution in [0.5, 0.6) is 0 Å². The lowest BCUT2D eigenvalue weighted by Gasteiger charge is -2.21. The van der Waals surface area contributed by atoms with Crippen molar-refractivity contribution in [3.05, 3.63) is 35.4 Å². The Labute approximate surface area is 118 Å². The van der Waals surface area contributed by atoms with E-state index in [-0.39, 0.29) is 5.84 Å². The number of hydrogen-bond donors (Lipinski definition) is 3. The van der Waals surface area contributed by atoms with Gasteiger partial charge < -0.3 is 16.3 Å². The van der Waals surface area contributed by atoms with Crippen molar-refractivity contribution in [3.8, 4) is 0 Å². The molecule has 0 spiro atoms. The molecule has 4 nitrogen and oxygen atoms in total. The van der Waals surface area contributed by atoms with Gasteiger partial charge in [0.15, 0.2) is 5.84 Å². The van der Waals surface area contributed by atoms with E-state index in [2.05, 4.69) is 28.3 Å². The average molecular weight is 279 g/mol. The van der Waals surface area contributed by atoms with E-state index in [9.17, 15) is 0 Å². The van der Waals surface area contributed by atoms with Gasteiger partial charge in [0, 0.05) is 23.9 Å². The number of rotatable bonds is 5. The summed E-state index contributed by atoms with van der Waals surface area (Å²) in [6.07, 6.45) is 4.04. The third kappa shape index (κ3) is 4.44. The van der Waals surface area contributed by atoms with Crippen LogP contribution in [0.15, 0.2) is 29.4 Å². The van der Waals surface area contributed by atoms with Crippen LogP contribution >= 0.6 is 11.8 Å². The van der Waals surface area contributed by atoms with Gasteiger partial charge in [-0.05, 0) is 30.2 Å². The second-order valence-electron chi connectivity index (χ2n) is 4.81. The average Bonchev–Trinajstić information content (AvgIpc) is 2.48. The molecule has 1 aromatic rings. The predicted molar refractivity (Wildman–Crippen MR) is 80.8 cm³/mol. The summed E-state index contributed by atoms with van der Waals surface area (Å²) in [5.74, 6) is 1.45. The van der Waals surface area contributed by atoms with Gasteiger partial charge in [-0.25, -0.2) is 0 Å². The molecular formula is C14H21N3OS. The third-order valence-electron chi connectivity index (χ3n) is 3.31. The summed E-state index contributed by atoms with van der Waals surface area (Å²) in [5, 5.41) is 15.9. The summed E-state index contributed by atoms with van der Waals surface area (Å²) in [6.45, 7) is 1.88. The number of oxime groups is 1. The first kappa shape index (κ1) is 14.2. The summed E-state index contributed by atoms with van der Waals surface area (Å²) >= 11 is 2.08. The van der Waals surface area contributed by atoms with Gasteiger partial charge >= 0.3 is 0 Å². The van der Waals surface area contributed by atoms with Crippen LogP contribution in [0, 0.1) is 0 Å². The van der Waals surface area contributed by atoms with Crippen LogP contribution in [-0.4, -0.2) is 28.6 Å². The van der Waals surface area contributed by atoms with Crippen LogP contribution in [0.2, 0.25) is 0 Å². The molecule has 4 N–H and O–H groups in total. The molecule has 0 saturated carbocycles. The highest BCUT2D eigenvalue weighted by Gasteiger charge is 2.12. The summed E-state index contributed by atoms with van der Waals surface area (Å²) in [5.41, 5.74) is 7.50. The predicted octanol–water partition coefficient (Wildman–Crippen LogP) is 2.16. The van der Waals surface area contributed by atoms with E-state index in [0.29, 0.717) is 0 Å². The molecule has 5 heteroatoms. The Hall–Kier alpha value is -1.20. The zero-order chi connectivity index (χ0) is 13.5. The number of amidine groups is 1. The van der Waals surface area contributed by atoms with E-state index < -0.39 is 0 Å². The van der Waals surface area contributed by atoms with Crippen molar-refractivity contribution in [1.29, 1.82) is 0 Å². The number of thioether (sulfide) groups is 1.